The van der Waals surface area contributed by atoms with Crippen molar-refractivity contribution in [1.82, 2.24) is 0 Å². The van der Waals surface area contributed by atoms with Crippen LogP contribution in [0.3, 0.4) is 0 Å². The van der Waals surface area contributed by atoms with Crippen molar-refractivity contribution in [3.63, 3.8) is 0 Å². The summed E-state index contributed by atoms with van der Waals surface area (Å²) in [5.74, 6) is 1.61. The summed E-state index contributed by atoms with van der Waals surface area (Å²) in [4.78, 5) is 0. The predicted molar refractivity (Wildman–Crippen MR) is 56.8 cm³/mol. The molecule has 1 rings (SSSR count). The first-order valence-corrected chi connectivity index (χ1v) is 4.80. The smallest absolute Gasteiger partial charge is 0.127 e. The predicted octanol–water partition coefficient (Wildman–Crippen LogP) is 0.875. The van der Waals surface area contributed by atoms with Gasteiger partial charge in [-0.1, -0.05) is 0 Å². The lowest BCUT2D eigenvalue weighted by molar-refractivity contribution is 0.441. The van der Waals surface area contributed by atoms with Gasteiger partial charge in [0.25, 0.3) is 0 Å². The van der Waals surface area contributed by atoms with E-state index in [1.807, 2.05) is 20.8 Å². The molecule has 0 bridgehead atoms. The van der Waals surface area contributed by atoms with E-state index in [1.54, 1.807) is 0 Å². The second-order valence-corrected chi connectivity index (χ2v) is 3.69. The van der Waals surface area contributed by atoms with Gasteiger partial charge in [-0.15, -0.1) is 0 Å². The quantitative estimate of drug-likeness (QED) is 0.670. The van der Waals surface area contributed by atoms with E-state index in [0.29, 0.717) is 6.54 Å². The van der Waals surface area contributed by atoms with Gasteiger partial charge in [-0.05, 0) is 26.3 Å². The zero-order valence-corrected chi connectivity index (χ0v) is 9.00. The van der Waals surface area contributed by atoms with Gasteiger partial charge in [0.15, 0.2) is 0 Å². The fourth-order valence-electron chi connectivity index (χ4n) is 1.62. The minimum Gasteiger partial charge on any atom is -0.464 e. The van der Waals surface area contributed by atoms with Crippen molar-refractivity contribution in [2.75, 3.05) is 6.54 Å². The Morgan fingerprint density at radius 2 is 1.86 bits per heavy atom. The number of nitrogens with two attached hydrogens (primary N) is 3. The summed E-state index contributed by atoms with van der Waals surface area (Å²) in [6, 6.07) is -0.330. The molecule has 0 fully saturated rings. The van der Waals surface area contributed by atoms with E-state index in [0.717, 1.165) is 22.6 Å². The van der Waals surface area contributed by atoms with E-state index in [4.69, 9.17) is 21.6 Å². The molecule has 2 atom stereocenters. The van der Waals surface area contributed by atoms with Gasteiger partial charge < -0.3 is 21.6 Å². The van der Waals surface area contributed by atoms with Crippen molar-refractivity contribution in [3.8, 4) is 0 Å². The Kier molecular flexibility index (Phi) is 3.31. The zero-order valence-electron chi connectivity index (χ0n) is 9.00. The Morgan fingerprint density at radius 3 is 2.29 bits per heavy atom. The van der Waals surface area contributed by atoms with Crippen molar-refractivity contribution < 1.29 is 4.42 Å². The molecule has 0 radical (unpaired) electrons. The van der Waals surface area contributed by atoms with Crippen LogP contribution in [-0.2, 0) is 0 Å². The lowest BCUT2D eigenvalue weighted by atomic mass is 10.0. The van der Waals surface area contributed by atoms with Crippen LogP contribution in [0, 0.1) is 13.8 Å². The minimum atomic E-state index is -0.261. The average Bonchev–Trinajstić information content (AvgIpc) is 2.42. The van der Waals surface area contributed by atoms with Gasteiger partial charge in [0.2, 0.25) is 0 Å². The van der Waals surface area contributed by atoms with E-state index in [9.17, 15) is 0 Å². The normalized spacial score (nSPS) is 15.6. The maximum Gasteiger partial charge on any atom is 0.127 e. The van der Waals surface area contributed by atoms with Crippen LogP contribution in [-0.4, -0.2) is 6.54 Å². The van der Waals surface area contributed by atoms with E-state index in [1.165, 1.54) is 0 Å². The highest BCUT2D eigenvalue weighted by atomic mass is 16.3. The number of hydrogen-bond donors (Lipinski definition) is 3. The van der Waals surface area contributed by atoms with E-state index in [-0.39, 0.29) is 12.1 Å². The number of hydrogen-bond acceptors (Lipinski definition) is 4. The van der Waals surface area contributed by atoms with Crippen LogP contribution in [0.1, 0.15) is 41.7 Å². The Morgan fingerprint density at radius 1 is 1.29 bits per heavy atom. The van der Waals surface area contributed by atoms with Gasteiger partial charge in [0.05, 0.1) is 6.04 Å². The Balaban J connectivity index is 3.22. The monoisotopic (exact) mass is 197 g/mol. The van der Waals surface area contributed by atoms with Crippen molar-refractivity contribution in [3.05, 3.63) is 22.6 Å². The van der Waals surface area contributed by atoms with Gasteiger partial charge in [-0.2, -0.15) is 0 Å². The number of furan rings is 1. The van der Waals surface area contributed by atoms with E-state index < -0.39 is 0 Å². The van der Waals surface area contributed by atoms with Crippen LogP contribution in [0.25, 0.3) is 0 Å². The van der Waals surface area contributed by atoms with Crippen LogP contribution >= 0.6 is 0 Å². The highest BCUT2D eigenvalue weighted by Crippen LogP contribution is 2.29. The van der Waals surface area contributed by atoms with Gasteiger partial charge in [0.1, 0.15) is 11.5 Å². The highest BCUT2D eigenvalue weighted by Gasteiger charge is 2.21. The summed E-state index contributed by atoms with van der Waals surface area (Å²) in [5.41, 5.74) is 19.3. The Bertz CT molecular complexity index is 317. The first kappa shape index (κ1) is 11.2. The molecule has 6 N–H and O–H groups in total. The van der Waals surface area contributed by atoms with Gasteiger partial charge in [-0.3, -0.25) is 0 Å². The molecule has 14 heavy (non-hydrogen) atoms. The molecule has 0 aliphatic rings. The molecule has 1 aromatic rings. The molecule has 0 spiro atoms. The first-order chi connectivity index (χ1) is 6.49. The molecule has 0 aromatic carbocycles. The fourth-order valence-corrected chi connectivity index (χ4v) is 1.62. The van der Waals surface area contributed by atoms with E-state index >= 15 is 0 Å². The Hall–Kier alpha value is -0.840. The molecule has 1 heterocycles. The molecule has 80 valence electrons. The molecule has 1 aromatic heterocycles. The number of rotatable bonds is 3. The van der Waals surface area contributed by atoms with Gasteiger partial charge >= 0.3 is 0 Å². The SMILES string of the molecule is Cc1oc(C(N)CN)c(C(C)N)c1C. The summed E-state index contributed by atoms with van der Waals surface area (Å²) in [6.45, 7) is 6.19. The second kappa shape index (κ2) is 4.13. The summed E-state index contributed by atoms with van der Waals surface area (Å²) in [6.07, 6.45) is 0. The molecule has 4 heteroatoms. The summed E-state index contributed by atoms with van der Waals surface area (Å²) >= 11 is 0. The van der Waals surface area contributed by atoms with Crippen LogP contribution in [0.2, 0.25) is 0 Å². The van der Waals surface area contributed by atoms with E-state index in [2.05, 4.69) is 0 Å². The number of aryl methyl sites for hydroxylation is 1. The zero-order chi connectivity index (χ0) is 10.9. The molecule has 0 aliphatic heterocycles. The molecule has 4 nitrogen and oxygen atoms in total. The highest BCUT2D eigenvalue weighted by molar-refractivity contribution is 5.35. The maximum atomic E-state index is 5.86. The molecular weight excluding hydrogens is 178 g/mol. The third-order valence-electron chi connectivity index (χ3n) is 2.51. The largest absolute Gasteiger partial charge is 0.464 e. The average molecular weight is 197 g/mol. The minimum absolute atomic E-state index is 0.0694. The topological polar surface area (TPSA) is 91.2 Å². The summed E-state index contributed by atoms with van der Waals surface area (Å²) in [7, 11) is 0. The first-order valence-electron chi connectivity index (χ1n) is 4.80. The lowest BCUT2D eigenvalue weighted by Gasteiger charge is -2.11. The summed E-state index contributed by atoms with van der Waals surface area (Å²) in [5, 5.41) is 0. The molecule has 0 saturated heterocycles. The third kappa shape index (κ3) is 1.82. The molecule has 0 amide bonds. The summed E-state index contributed by atoms with van der Waals surface area (Å²) < 4.78 is 5.57. The van der Waals surface area contributed by atoms with Crippen LogP contribution in [0.5, 0.6) is 0 Å². The lowest BCUT2D eigenvalue weighted by Crippen LogP contribution is -2.22. The van der Waals surface area contributed by atoms with Gasteiger partial charge in [0, 0.05) is 18.2 Å². The molecule has 2 unspecified atom stereocenters. The van der Waals surface area contributed by atoms with Gasteiger partial charge in [-0.25, -0.2) is 0 Å². The van der Waals surface area contributed by atoms with Crippen molar-refractivity contribution in [1.29, 1.82) is 0 Å². The van der Waals surface area contributed by atoms with Crippen molar-refractivity contribution in [2.45, 2.75) is 32.9 Å². The maximum absolute atomic E-state index is 5.86. The molecular formula is C10H19N3O. The van der Waals surface area contributed by atoms with Crippen LogP contribution in [0.4, 0.5) is 0 Å². The van der Waals surface area contributed by atoms with Crippen LogP contribution in [0.15, 0.2) is 4.42 Å². The standard InChI is InChI=1S/C10H19N3O/c1-5-7(3)14-10(8(13)4-11)9(5)6(2)12/h6,8H,4,11-13H2,1-3H3. The van der Waals surface area contributed by atoms with Crippen LogP contribution < -0.4 is 17.2 Å². The third-order valence-corrected chi connectivity index (χ3v) is 2.51. The molecule has 0 saturated carbocycles. The Labute approximate surface area is 84.4 Å². The fraction of sp³-hybridized carbons (Fsp3) is 0.600. The van der Waals surface area contributed by atoms with Crippen molar-refractivity contribution >= 4 is 0 Å². The van der Waals surface area contributed by atoms with Crippen molar-refractivity contribution in [2.24, 2.45) is 17.2 Å². The second-order valence-electron chi connectivity index (χ2n) is 3.69. The molecule has 0 aliphatic carbocycles.